The molecular formula is C12H22ClN5O. The number of hydrogen-bond acceptors (Lipinski definition) is 3. The Morgan fingerprint density at radius 2 is 2.42 bits per heavy atom. The van der Waals surface area contributed by atoms with Crippen LogP contribution in [0, 0.1) is 5.92 Å². The quantitative estimate of drug-likeness (QED) is 0.785. The molecule has 2 heterocycles. The molecule has 1 fully saturated rings. The minimum absolute atomic E-state index is 0. The van der Waals surface area contributed by atoms with Crippen molar-refractivity contribution in [2.75, 3.05) is 18.4 Å². The molecule has 0 aliphatic carbocycles. The van der Waals surface area contributed by atoms with Crippen LogP contribution in [0.15, 0.2) is 12.3 Å². The Morgan fingerprint density at radius 3 is 3.05 bits per heavy atom. The van der Waals surface area contributed by atoms with Crippen molar-refractivity contribution in [2.45, 2.75) is 32.9 Å². The molecule has 6 nitrogen and oxygen atoms in total. The van der Waals surface area contributed by atoms with Crippen LogP contribution in [0.3, 0.4) is 0 Å². The van der Waals surface area contributed by atoms with Gasteiger partial charge in [-0.15, -0.1) is 12.4 Å². The van der Waals surface area contributed by atoms with Crippen molar-refractivity contribution < 1.29 is 4.79 Å². The van der Waals surface area contributed by atoms with Crippen LogP contribution < -0.4 is 16.0 Å². The number of aromatic nitrogens is 2. The van der Waals surface area contributed by atoms with Gasteiger partial charge < -0.3 is 10.6 Å². The summed E-state index contributed by atoms with van der Waals surface area (Å²) in [5, 5.41) is 13.2. The number of carbonyl (C=O) groups excluding carboxylic acids is 1. The lowest BCUT2D eigenvalue weighted by atomic mass is 10.2. The molecule has 1 aliphatic rings. The van der Waals surface area contributed by atoms with Gasteiger partial charge in [-0.3, -0.25) is 5.32 Å². The molecule has 0 spiro atoms. The number of rotatable bonds is 4. The van der Waals surface area contributed by atoms with Gasteiger partial charge in [0.1, 0.15) is 5.82 Å². The maximum Gasteiger partial charge on any atom is 0.320 e. The first-order valence-electron chi connectivity index (χ1n) is 6.45. The third kappa shape index (κ3) is 4.72. The molecule has 1 aromatic heterocycles. The summed E-state index contributed by atoms with van der Waals surface area (Å²) in [5.74, 6) is 1.24. The lowest BCUT2D eigenvalue weighted by Crippen LogP contribution is -2.39. The summed E-state index contributed by atoms with van der Waals surface area (Å²) < 4.78 is 1.82. The zero-order chi connectivity index (χ0) is 13.0. The Kier molecular flexibility index (Phi) is 6.11. The fourth-order valence-electron chi connectivity index (χ4n) is 2.05. The fourth-order valence-corrected chi connectivity index (χ4v) is 2.05. The van der Waals surface area contributed by atoms with Crippen LogP contribution in [-0.4, -0.2) is 34.9 Å². The van der Waals surface area contributed by atoms with Crippen molar-refractivity contribution in [1.82, 2.24) is 20.4 Å². The van der Waals surface area contributed by atoms with Gasteiger partial charge in [-0.05, 0) is 18.9 Å². The lowest BCUT2D eigenvalue weighted by Gasteiger charge is -2.14. The molecule has 2 rings (SSSR count). The number of nitrogens with zero attached hydrogens (tertiary/aromatic N) is 2. The average molecular weight is 288 g/mol. The maximum atomic E-state index is 11.8. The molecule has 3 N–H and O–H groups in total. The fraction of sp³-hybridized carbons (Fsp3) is 0.667. The van der Waals surface area contributed by atoms with Gasteiger partial charge in [0.05, 0.1) is 6.20 Å². The van der Waals surface area contributed by atoms with Crippen molar-refractivity contribution in [1.29, 1.82) is 0 Å². The van der Waals surface area contributed by atoms with Crippen LogP contribution in [0.1, 0.15) is 20.3 Å². The van der Waals surface area contributed by atoms with E-state index >= 15 is 0 Å². The zero-order valence-corrected chi connectivity index (χ0v) is 12.2. The van der Waals surface area contributed by atoms with E-state index in [0.717, 1.165) is 31.9 Å². The van der Waals surface area contributed by atoms with Gasteiger partial charge in [-0.1, -0.05) is 13.8 Å². The second-order valence-electron chi connectivity index (χ2n) is 5.08. The third-order valence-corrected chi connectivity index (χ3v) is 2.89. The average Bonchev–Trinajstić information content (AvgIpc) is 2.91. The number of hydrogen-bond donors (Lipinski definition) is 3. The van der Waals surface area contributed by atoms with Crippen LogP contribution in [0.25, 0.3) is 0 Å². The highest BCUT2D eigenvalue weighted by Crippen LogP contribution is 2.09. The number of amides is 2. The van der Waals surface area contributed by atoms with Crippen molar-refractivity contribution >= 4 is 24.3 Å². The molecule has 0 aromatic carbocycles. The maximum absolute atomic E-state index is 11.8. The largest absolute Gasteiger partial charge is 0.334 e. The Balaban J connectivity index is 0.00000180. The van der Waals surface area contributed by atoms with Gasteiger partial charge in [0.2, 0.25) is 0 Å². The standard InChI is InChI=1S/C12H21N5O.ClH/c1-9(2)8-17-11(4-6-14-17)16-12(18)15-10-3-5-13-7-10;/h4,6,9-10,13H,3,5,7-8H2,1-2H3,(H2,15,16,18);1H/t10-;/m1./s1. The highest BCUT2D eigenvalue weighted by atomic mass is 35.5. The Morgan fingerprint density at radius 1 is 1.63 bits per heavy atom. The summed E-state index contributed by atoms with van der Waals surface area (Å²) in [4.78, 5) is 11.8. The van der Waals surface area contributed by atoms with Crippen molar-refractivity contribution in [3.8, 4) is 0 Å². The van der Waals surface area contributed by atoms with Gasteiger partial charge in [0.15, 0.2) is 0 Å². The second-order valence-corrected chi connectivity index (χ2v) is 5.08. The smallest absolute Gasteiger partial charge is 0.320 e. The third-order valence-electron chi connectivity index (χ3n) is 2.89. The highest BCUT2D eigenvalue weighted by Gasteiger charge is 2.17. The molecule has 1 aliphatic heterocycles. The van der Waals surface area contributed by atoms with Crippen LogP contribution in [0.2, 0.25) is 0 Å². The molecule has 7 heteroatoms. The summed E-state index contributed by atoms with van der Waals surface area (Å²) >= 11 is 0. The molecule has 1 aromatic rings. The van der Waals surface area contributed by atoms with Gasteiger partial charge in [-0.2, -0.15) is 5.10 Å². The van der Waals surface area contributed by atoms with Crippen LogP contribution in [0.4, 0.5) is 10.6 Å². The van der Waals surface area contributed by atoms with E-state index in [1.54, 1.807) is 6.20 Å². The summed E-state index contributed by atoms with van der Waals surface area (Å²) in [6, 6.07) is 1.88. The van der Waals surface area contributed by atoms with Gasteiger partial charge in [0, 0.05) is 25.2 Å². The number of anilines is 1. The number of carbonyl (C=O) groups is 1. The number of halogens is 1. The molecule has 0 bridgehead atoms. The number of nitrogens with one attached hydrogen (secondary N) is 3. The van der Waals surface area contributed by atoms with E-state index < -0.39 is 0 Å². The van der Waals surface area contributed by atoms with Gasteiger partial charge >= 0.3 is 6.03 Å². The van der Waals surface area contributed by atoms with E-state index in [1.807, 2.05) is 10.7 Å². The van der Waals surface area contributed by atoms with Crippen molar-refractivity contribution in [3.63, 3.8) is 0 Å². The van der Waals surface area contributed by atoms with Crippen molar-refractivity contribution in [3.05, 3.63) is 12.3 Å². The molecule has 0 saturated carbocycles. The Hall–Kier alpha value is -1.27. The van der Waals surface area contributed by atoms with E-state index in [1.165, 1.54) is 0 Å². The van der Waals surface area contributed by atoms with E-state index in [2.05, 4.69) is 34.9 Å². The molecule has 0 unspecified atom stereocenters. The first kappa shape index (κ1) is 15.8. The molecular weight excluding hydrogens is 266 g/mol. The van der Waals surface area contributed by atoms with Crippen molar-refractivity contribution in [2.24, 2.45) is 5.92 Å². The molecule has 108 valence electrons. The highest BCUT2D eigenvalue weighted by molar-refractivity contribution is 5.88. The predicted molar refractivity (Wildman–Crippen MR) is 77.7 cm³/mol. The van der Waals surface area contributed by atoms with E-state index in [4.69, 9.17) is 0 Å². The minimum Gasteiger partial charge on any atom is -0.334 e. The molecule has 0 radical (unpaired) electrons. The van der Waals surface area contributed by atoms with Crippen LogP contribution in [0.5, 0.6) is 0 Å². The SMILES string of the molecule is CC(C)Cn1nccc1NC(=O)N[C@@H]1CCNC1.Cl. The lowest BCUT2D eigenvalue weighted by molar-refractivity contribution is 0.249. The molecule has 1 saturated heterocycles. The van der Waals surface area contributed by atoms with E-state index in [9.17, 15) is 4.79 Å². The van der Waals surface area contributed by atoms with Crippen LogP contribution >= 0.6 is 12.4 Å². The zero-order valence-electron chi connectivity index (χ0n) is 11.3. The number of urea groups is 1. The minimum atomic E-state index is -0.158. The Labute approximate surface area is 119 Å². The van der Waals surface area contributed by atoms with E-state index in [0.29, 0.717) is 5.92 Å². The monoisotopic (exact) mass is 287 g/mol. The first-order chi connectivity index (χ1) is 8.65. The second kappa shape index (κ2) is 7.35. The Bertz CT molecular complexity index is 401. The van der Waals surface area contributed by atoms with E-state index in [-0.39, 0.29) is 24.5 Å². The summed E-state index contributed by atoms with van der Waals surface area (Å²) in [6.07, 6.45) is 2.69. The predicted octanol–water partition coefficient (Wildman–Crippen LogP) is 1.44. The van der Waals surface area contributed by atoms with Gasteiger partial charge in [0.25, 0.3) is 0 Å². The topological polar surface area (TPSA) is 71.0 Å². The summed E-state index contributed by atoms with van der Waals surface area (Å²) in [5.41, 5.74) is 0. The summed E-state index contributed by atoms with van der Waals surface area (Å²) in [6.45, 7) is 6.86. The van der Waals surface area contributed by atoms with Crippen LogP contribution in [-0.2, 0) is 6.54 Å². The molecule has 2 amide bonds. The van der Waals surface area contributed by atoms with Gasteiger partial charge in [-0.25, -0.2) is 9.48 Å². The molecule has 1 atom stereocenters. The molecule has 19 heavy (non-hydrogen) atoms. The summed E-state index contributed by atoms with van der Waals surface area (Å²) in [7, 11) is 0. The normalized spacial score (nSPS) is 18.2. The first-order valence-corrected chi connectivity index (χ1v) is 6.45.